The van der Waals surface area contributed by atoms with Gasteiger partial charge in [0.1, 0.15) is 0 Å². The van der Waals surface area contributed by atoms with Gasteiger partial charge in [0.2, 0.25) is 0 Å². The van der Waals surface area contributed by atoms with E-state index in [1.54, 1.807) is 12.4 Å². The lowest BCUT2D eigenvalue weighted by Crippen LogP contribution is -1.85. The molecule has 0 aromatic carbocycles. The molecule has 1 aromatic heterocycles. The molecule has 2 nitrogen and oxygen atoms in total. The van der Waals surface area contributed by atoms with E-state index in [9.17, 15) is 0 Å². The van der Waals surface area contributed by atoms with Gasteiger partial charge in [-0.25, -0.2) is 0 Å². The van der Waals surface area contributed by atoms with Crippen LogP contribution in [0.4, 0.5) is 0 Å². The average molecular weight is 136 g/mol. The largest absolute Gasteiger partial charge is 0.261 e. The molecule has 0 atom stereocenters. The van der Waals surface area contributed by atoms with E-state index in [-0.39, 0.29) is 0 Å². The first-order valence-corrected chi connectivity index (χ1v) is 3.04. The summed E-state index contributed by atoms with van der Waals surface area (Å²) in [5, 5.41) is 0. The van der Waals surface area contributed by atoms with Crippen molar-refractivity contribution in [3.8, 4) is 0 Å². The third kappa shape index (κ3) is 2.97. The molecule has 1 rings (SSSR count). The Morgan fingerprint density at radius 3 is 1.70 bits per heavy atom. The molecule has 0 saturated heterocycles. The third-order valence-electron chi connectivity index (χ3n) is 0.875. The van der Waals surface area contributed by atoms with Crippen molar-refractivity contribution in [3.05, 3.63) is 36.9 Å². The minimum Gasteiger partial charge on any atom is -0.261 e. The Morgan fingerprint density at radius 1 is 1.10 bits per heavy atom. The van der Waals surface area contributed by atoms with Crippen molar-refractivity contribution >= 4 is 0 Å². The standard InChI is InChI=1S/C6H8N2.C2H4/c1-5-3-7-4-6(2)8-5;1-2/h3-4H,1-2H3;1-2H2. The van der Waals surface area contributed by atoms with Crippen LogP contribution in [0.25, 0.3) is 0 Å². The zero-order valence-corrected chi connectivity index (χ0v) is 6.46. The highest BCUT2D eigenvalue weighted by atomic mass is 14.8. The van der Waals surface area contributed by atoms with Gasteiger partial charge in [0.15, 0.2) is 0 Å². The van der Waals surface area contributed by atoms with E-state index >= 15 is 0 Å². The molecule has 2 heteroatoms. The zero-order chi connectivity index (χ0) is 7.98. The molecule has 0 unspecified atom stereocenters. The van der Waals surface area contributed by atoms with Gasteiger partial charge in [-0.05, 0) is 13.8 Å². The van der Waals surface area contributed by atoms with E-state index in [1.165, 1.54) is 0 Å². The van der Waals surface area contributed by atoms with Crippen LogP contribution >= 0.6 is 0 Å². The fourth-order valence-corrected chi connectivity index (χ4v) is 0.589. The Hall–Kier alpha value is -1.18. The minimum atomic E-state index is 0.977. The van der Waals surface area contributed by atoms with Gasteiger partial charge in [-0.3, -0.25) is 9.97 Å². The maximum Gasteiger partial charge on any atom is 0.0558 e. The summed E-state index contributed by atoms with van der Waals surface area (Å²) < 4.78 is 0. The molecule has 0 saturated carbocycles. The smallest absolute Gasteiger partial charge is 0.0558 e. The number of rotatable bonds is 0. The van der Waals surface area contributed by atoms with Gasteiger partial charge < -0.3 is 0 Å². The molecule has 0 N–H and O–H groups in total. The second-order valence-electron chi connectivity index (χ2n) is 1.80. The quantitative estimate of drug-likeness (QED) is 0.509. The van der Waals surface area contributed by atoms with Crippen molar-refractivity contribution in [1.29, 1.82) is 0 Å². The molecule has 0 bridgehead atoms. The molecule has 10 heavy (non-hydrogen) atoms. The highest BCUT2D eigenvalue weighted by Crippen LogP contribution is 1.89. The van der Waals surface area contributed by atoms with E-state index in [2.05, 4.69) is 23.1 Å². The van der Waals surface area contributed by atoms with Crippen LogP contribution in [0.5, 0.6) is 0 Å². The van der Waals surface area contributed by atoms with Gasteiger partial charge >= 0.3 is 0 Å². The van der Waals surface area contributed by atoms with E-state index < -0.39 is 0 Å². The predicted molar refractivity (Wildman–Crippen MR) is 42.8 cm³/mol. The van der Waals surface area contributed by atoms with Crippen molar-refractivity contribution in [2.75, 3.05) is 0 Å². The summed E-state index contributed by atoms with van der Waals surface area (Å²) in [5.41, 5.74) is 1.95. The van der Waals surface area contributed by atoms with Crippen LogP contribution in [0.1, 0.15) is 11.4 Å². The highest BCUT2D eigenvalue weighted by Gasteiger charge is 1.83. The third-order valence-corrected chi connectivity index (χ3v) is 0.875. The minimum absolute atomic E-state index is 0.977. The maximum atomic E-state index is 4.11. The fraction of sp³-hybridized carbons (Fsp3) is 0.250. The van der Waals surface area contributed by atoms with Crippen LogP contribution in [-0.4, -0.2) is 9.97 Å². The predicted octanol–water partition coefficient (Wildman–Crippen LogP) is 1.90. The van der Waals surface area contributed by atoms with Crippen molar-refractivity contribution in [2.24, 2.45) is 0 Å². The lowest BCUT2D eigenvalue weighted by atomic mass is 10.4. The summed E-state index contributed by atoms with van der Waals surface area (Å²) in [6.45, 7) is 9.86. The fourth-order valence-electron chi connectivity index (χ4n) is 0.589. The molecule has 0 amide bonds. The Bertz CT molecular complexity index is 179. The topological polar surface area (TPSA) is 25.8 Å². The summed E-state index contributed by atoms with van der Waals surface area (Å²) in [4.78, 5) is 8.03. The first kappa shape index (κ1) is 8.82. The van der Waals surface area contributed by atoms with Crippen LogP contribution in [0.2, 0.25) is 0 Å². The van der Waals surface area contributed by atoms with Crippen LogP contribution in [0.15, 0.2) is 25.6 Å². The first-order valence-electron chi connectivity index (χ1n) is 3.04. The average Bonchev–Trinajstić information content (AvgIpc) is 1.91. The van der Waals surface area contributed by atoms with Crippen molar-refractivity contribution in [2.45, 2.75) is 13.8 Å². The summed E-state index contributed by atoms with van der Waals surface area (Å²) in [6.07, 6.45) is 3.49. The number of hydrogen-bond donors (Lipinski definition) is 0. The van der Waals surface area contributed by atoms with E-state index in [0.29, 0.717) is 0 Å². The van der Waals surface area contributed by atoms with Crippen molar-refractivity contribution in [3.63, 3.8) is 0 Å². The molecule has 1 heterocycles. The van der Waals surface area contributed by atoms with Crippen LogP contribution in [0.3, 0.4) is 0 Å². The van der Waals surface area contributed by atoms with Crippen LogP contribution in [0, 0.1) is 13.8 Å². The first-order chi connectivity index (χ1) is 4.79. The monoisotopic (exact) mass is 136 g/mol. The van der Waals surface area contributed by atoms with Crippen LogP contribution in [-0.2, 0) is 0 Å². The number of hydrogen-bond acceptors (Lipinski definition) is 2. The maximum absolute atomic E-state index is 4.11. The second kappa shape index (κ2) is 4.68. The Kier molecular flexibility index (Phi) is 4.12. The molecular formula is C8H12N2. The second-order valence-corrected chi connectivity index (χ2v) is 1.80. The van der Waals surface area contributed by atoms with Crippen LogP contribution < -0.4 is 0 Å². The van der Waals surface area contributed by atoms with E-state index in [4.69, 9.17) is 0 Å². The number of aryl methyl sites for hydroxylation is 2. The summed E-state index contributed by atoms with van der Waals surface area (Å²) >= 11 is 0. The summed E-state index contributed by atoms with van der Waals surface area (Å²) in [5.74, 6) is 0. The van der Waals surface area contributed by atoms with Gasteiger partial charge in [0.05, 0.1) is 11.4 Å². The number of aromatic nitrogens is 2. The molecule has 0 spiro atoms. The molecule has 54 valence electrons. The Morgan fingerprint density at radius 2 is 1.50 bits per heavy atom. The highest BCUT2D eigenvalue weighted by molar-refractivity contribution is 4.98. The molecule has 0 fully saturated rings. The van der Waals surface area contributed by atoms with E-state index in [1.807, 2.05) is 13.8 Å². The van der Waals surface area contributed by atoms with Crippen molar-refractivity contribution in [1.82, 2.24) is 9.97 Å². The molecule has 1 aromatic rings. The SMILES string of the molecule is C=C.Cc1cncc(C)n1. The van der Waals surface area contributed by atoms with Gasteiger partial charge in [-0.1, -0.05) is 0 Å². The molecule has 0 aliphatic carbocycles. The zero-order valence-electron chi connectivity index (χ0n) is 6.46. The lowest BCUT2D eigenvalue weighted by molar-refractivity contribution is 1.05. The van der Waals surface area contributed by atoms with Crippen molar-refractivity contribution < 1.29 is 0 Å². The van der Waals surface area contributed by atoms with Gasteiger partial charge in [-0.15, -0.1) is 13.2 Å². The Balaban J connectivity index is 0.000000371. The molecule has 0 aliphatic rings. The van der Waals surface area contributed by atoms with Gasteiger partial charge in [0, 0.05) is 12.4 Å². The van der Waals surface area contributed by atoms with Gasteiger partial charge in [-0.2, -0.15) is 0 Å². The lowest BCUT2D eigenvalue weighted by Gasteiger charge is -1.89. The molecule has 0 radical (unpaired) electrons. The summed E-state index contributed by atoms with van der Waals surface area (Å²) in [6, 6.07) is 0. The Labute approximate surface area is 61.6 Å². The molecule has 0 aliphatic heterocycles. The van der Waals surface area contributed by atoms with Gasteiger partial charge in [0.25, 0.3) is 0 Å². The molecular weight excluding hydrogens is 124 g/mol. The normalized spacial score (nSPS) is 7.80. The van der Waals surface area contributed by atoms with E-state index in [0.717, 1.165) is 11.4 Å². The summed E-state index contributed by atoms with van der Waals surface area (Å²) in [7, 11) is 0. The number of nitrogens with zero attached hydrogens (tertiary/aromatic N) is 2.